The Hall–Kier alpha value is -3.04. The molecule has 0 bridgehead atoms. The Balaban J connectivity index is 0.000000184. The number of nitrogens with one attached hydrogen (secondary N) is 1. The van der Waals surface area contributed by atoms with E-state index < -0.39 is 11.8 Å². The second-order valence-electron chi connectivity index (χ2n) is 6.07. The van der Waals surface area contributed by atoms with Crippen LogP contribution in [0.5, 0.6) is 0 Å². The molecular formula is C20H15ClF2N2O4S. The summed E-state index contributed by atoms with van der Waals surface area (Å²) in [6.45, 7) is 0. The van der Waals surface area contributed by atoms with Gasteiger partial charge in [0.25, 0.3) is 5.89 Å². The second kappa shape index (κ2) is 9.19. The third kappa shape index (κ3) is 4.42. The Morgan fingerprint density at radius 2 is 2.17 bits per heavy atom. The molecule has 0 amide bonds. The standard InChI is InChI=1S/C12H9ClFNO2S.C8H6FNO2/c1-15-9-5-18-11(10(9)12(16)17)6-2-3-7(13)8(14)4-6;9-5-2-1-3-6-8(5)10-7(4-11)12-6/h2-5,15H,1H3,(H,16,17);3-4H,1-2H2. The number of carboxylic acid groups (broad SMARTS) is 1. The van der Waals surface area contributed by atoms with Crippen LogP contribution in [-0.4, -0.2) is 29.4 Å². The summed E-state index contributed by atoms with van der Waals surface area (Å²) < 4.78 is 31.3. The quantitative estimate of drug-likeness (QED) is 0.579. The first kappa shape index (κ1) is 21.7. The molecule has 156 valence electrons. The number of carboxylic acids is 1. The van der Waals surface area contributed by atoms with Gasteiger partial charge in [0.05, 0.1) is 15.6 Å². The maximum absolute atomic E-state index is 13.4. The highest BCUT2D eigenvalue weighted by Gasteiger charge is 2.19. The van der Waals surface area contributed by atoms with Gasteiger partial charge in [0.2, 0.25) is 6.29 Å². The SMILES string of the molecule is CNc1csc(-c2ccc(Cl)c(F)c2)c1C(=O)O.O=Cc1nc2c(o1)=CCCC=2F. The van der Waals surface area contributed by atoms with Crippen LogP contribution in [0.1, 0.15) is 33.9 Å². The Kier molecular flexibility index (Phi) is 6.63. The van der Waals surface area contributed by atoms with Crippen LogP contribution in [0, 0.1) is 5.82 Å². The number of rotatable bonds is 4. The largest absolute Gasteiger partial charge is 0.478 e. The molecule has 2 aromatic heterocycles. The number of halogens is 3. The normalized spacial score (nSPS) is 12.3. The van der Waals surface area contributed by atoms with Crippen molar-refractivity contribution in [3.05, 3.63) is 56.6 Å². The van der Waals surface area contributed by atoms with E-state index >= 15 is 0 Å². The number of hydrogen-bond donors (Lipinski definition) is 2. The number of hydrogen-bond acceptors (Lipinski definition) is 6. The fourth-order valence-electron chi connectivity index (χ4n) is 2.78. The molecule has 2 heterocycles. The zero-order valence-electron chi connectivity index (χ0n) is 15.5. The zero-order valence-corrected chi connectivity index (χ0v) is 17.1. The Bertz CT molecular complexity index is 1240. The minimum absolute atomic E-state index is 0.0148. The predicted molar refractivity (Wildman–Crippen MR) is 111 cm³/mol. The number of carbonyl (C=O) groups excluding carboxylic acids is 1. The predicted octanol–water partition coefficient (Wildman–Crippen LogP) is 4.09. The van der Waals surface area contributed by atoms with Gasteiger partial charge < -0.3 is 14.8 Å². The summed E-state index contributed by atoms with van der Waals surface area (Å²) in [6.07, 6.45) is 3.15. The summed E-state index contributed by atoms with van der Waals surface area (Å²) in [4.78, 5) is 25.6. The smallest absolute Gasteiger partial charge is 0.339 e. The number of oxazole rings is 1. The van der Waals surface area contributed by atoms with E-state index in [1.54, 1.807) is 24.6 Å². The molecule has 0 aliphatic heterocycles. The van der Waals surface area contributed by atoms with E-state index in [9.17, 15) is 23.5 Å². The van der Waals surface area contributed by atoms with Gasteiger partial charge in [0.15, 0.2) is 5.42 Å². The molecule has 0 saturated heterocycles. The number of anilines is 1. The lowest BCUT2D eigenvalue weighted by Gasteiger charge is -2.04. The number of thiophene rings is 1. The molecule has 0 spiro atoms. The van der Waals surface area contributed by atoms with Crippen molar-refractivity contribution in [1.82, 2.24) is 4.98 Å². The van der Waals surface area contributed by atoms with Crippen molar-refractivity contribution in [1.29, 1.82) is 0 Å². The van der Waals surface area contributed by atoms with E-state index in [4.69, 9.17) is 16.0 Å². The van der Waals surface area contributed by atoms with Crippen LogP contribution < -0.4 is 16.1 Å². The van der Waals surface area contributed by atoms with Crippen LogP contribution in [0.25, 0.3) is 22.3 Å². The number of aromatic carboxylic acids is 1. The molecule has 1 aromatic carbocycles. The van der Waals surface area contributed by atoms with E-state index in [1.165, 1.54) is 23.5 Å². The highest BCUT2D eigenvalue weighted by atomic mass is 35.5. The lowest BCUT2D eigenvalue weighted by atomic mass is 10.1. The molecule has 1 aliphatic carbocycles. The minimum Gasteiger partial charge on any atom is -0.478 e. The number of carbonyl (C=O) groups is 2. The maximum atomic E-state index is 13.4. The minimum atomic E-state index is -1.05. The van der Waals surface area contributed by atoms with Gasteiger partial charge in [-0.3, -0.25) is 4.79 Å². The van der Waals surface area contributed by atoms with E-state index in [2.05, 4.69) is 10.3 Å². The monoisotopic (exact) mass is 452 g/mol. The lowest BCUT2D eigenvalue weighted by Crippen LogP contribution is -2.26. The van der Waals surface area contributed by atoms with Crippen LogP contribution in [0.4, 0.5) is 14.5 Å². The molecular weight excluding hydrogens is 438 g/mol. The van der Waals surface area contributed by atoms with Crippen LogP contribution >= 0.6 is 22.9 Å². The van der Waals surface area contributed by atoms with Crippen molar-refractivity contribution in [2.45, 2.75) is 12.8 Å². The number of nitrogens with zero attached hydrogens (tertiary/aromatic N) is 1. The van der Waals surface area contributed by atoms with Crippen molar-refractivity contribution in [2.24, 2.45) is 0 Å². The number of aromatic nitrogens is 1. The van der Waals surface area contributed by atoms with Gasteiger partial charge in [0, 0.05) is 18.8 Å². The van der Waals surface area contributed by atoms with Crippen molar-refractivity contribution in [3.63, 3.8) is 0 Å². The highest BCUT2D eigenvalue weighted by molar-refractivity contribution is 7.14. The number of fused-ring (bicyclic) bond motifs is 1. The molecule has 0 unspecified atom stereocenters. The molecule has 0 atom stereocenters. The van der Waals surface area contributed by atoms with Crippen LogP contribution in [0.15, 0.2) is 28.0 Å². The fraction of sp³-hybridized carbons (Fsp3) is 0.150. The Labute approximate surface area is 178 Å². The average molecular weight is 453 g/mol. The van der Waals surface area contributed by atoms with E-state index in [0.29, 0.717) is 40.7 Å². The molecule has 0 saturated carbocycles. The van der Waals surface area contributed by atoms with Gasteiger partial charge in [-0.25, -0.2) is 18.6 Å². The molecule has 10 heteroatoms. The third-order valence-electron chi connectivity index (χ3n) is 4.18. The molecule has 1 aliphatic rings. The van der Waals surface area contributed by atoms with Crippen molar-refractivity contribution in [2.75, 3.05) is 12.4 Å². The molecule has 0 fully saturated rings. The third-order valence-corrected chi connectivity index (χ3v) is 5.51. The molecule has 0 radical (unpaired) electrons. The summed E-state index contributed by atoms with van der Waals surface area (Å²) in [5, 5.41) is 13.9. The molecule has 6 nitrogen and oxygen atoms in total. The summed E-state index contributed by atoms with van der Waals surface area (Å²) in [7, 11) is 1.64. The Morgan fingerprint density at radius 3 is 2.77 bits per heavy atom. The first-order valence-electron chi connectivity index (χ1n) is 8.64. The summed E-state index contributed by atoms with van der Waals surface area (Å²) >= 11 is 6.85. The average Bonchev–Trinajstić information content (AvgIpc) is 3.35. The van der Waals surface area contributed by atoms with Crippen LogP contribution in [0.2, 0.25) is 5.02 Å². The van der Waals surface area contributed by atoms with E-state index in [-0.39, 0.29) is 27.7 Å². The van der Waals surface area contributed by atoms with E-state index in [1.807, 2.05) is 0 Å². The second-order valence-corrected chi connectivity index (χ2v) is 7.35. The zero-order chi connectivity index (χ0) is 21.8. The van der Waals surface area contributed by atoms with Crippen molar-refractivity contribution >= 4 is 52.8 Å². The molecule has 2 N–H and O–H groups in total. The molecule has 30 heavy (non-hydrogen) atoms. The van der Waals surface area contributed by atoms with Gasteiger partial charge >= 0.3 is 5.97 Å². The summed E-state index contributed by atoms with van der Waals surface area (Å²) in [5.74, 6) is -1.98. The number of aldehydes is 1. The van der Waals surface area contributed by atoms with Gasteiger partial charge in [-0.05, 0) is 30.2 Å². The fourth-order valence-corrected chi connectivity index (χ4v) is 3.95. The topological polar surface area (TPSA) is 92.4 Å². The van der Waals surface area contributed by atoms with Gasteiger partial charge in [-0.1, -0.05) is 17.7 Å². The highest BCUT2D eigenvalue weighted by Crippen LogP contribution is 2.36. The summed E-state index contributed by atoms with van der Waals surface area (Å²) in [5.41, 5.74) is 1.53. The van der Waals surface area contributed by atoms with Crippen molar-refractivity contribution < 1.29 is 27.9 Å². The molecule has 3 aromatic rings. The first-order chi connectivity index (χ1) is 14.3. The van der Waals surface area contributed by atoms with Crippen LogP contribution in [0.3, 0.4) is 0 Å². The van der Waals surface area contributed by atoms with Gasteiger partial charge in [0.1, 0.15) is 22.6 Å². The van der Waals surface area contributed by atoms with Crippen molar-refractivity contribution in [3.8, 4) is 10.4 Å². The first-order valence-corrected chi connectivity index (χ1v) is 9.90. The lowest BCUT2D eigenvalue weighted by molar-refractivity contribution is 0.0699. The van der Waals surface area contributed by atoms with Gasteiger partial charge in [-0.15, -0.1) is 11.3 Å². The Morgan fingerprint density at radius 1 is 1.40 bits per heavy atom. The summed E-state index contributed by atoms with van der Waals surface area (Å²) in [6, 6.07) is 4.25. The van der Waals surface area contributed by atoms with Gasteiger partial charge in [-0.2, -0.15) is 0 Å². The van der Waals surface area contributed by atoms with E-state index in [0.717, 1.165) is 0 Å². The van der Waals surface area contributed by atoms with Crippen LogP contribution in [-0.2, 0) is 0 Å². The molecule has 4 rings (SSSR count). The number of benzene rings is 1. The maximum Gasteiger partial charge on any atom is 0.339 e.